The molecule has 0 aliphatic heterocycles. The number of nitrogens with one attached hydrogen (secondary N) is 4. The van der Waals surface area contributed by atoms with Gasteiger partial charge in [0.2, 0.25) is 11.8 Å². The smallest absolute Gasteiger partial charge is 0.269 e. The molecule has 1 atom stereocenters. The predicted octanol–water partition coefficient (Wildman–Crippen LogP) is 3.44. The van der Waals surface area contributed by atoms with Gasteiger partial charge in [-0.15, -0.1) is 0 Å². The number of nitrogens with zero attached hydrogens (tertiary/aromatic N) is 1. The second-order valence-electron chi connectivity index (χ2n) is 9.06. The molecule has 1 aliphatic carbocycles. The number of rotatable bonds is 7. The summed E-state index contributed by atoms with van der Waals surface area (Å²) in [5.74, 6) is -0.0554. The van der Waals surface area contributed by atoms with Gasteiger partial charge in [-0.25, -0.2) is 0 Å². The maximum atomic E-state index is 13.1. The summed E-state index contributed by atoms with van der Waals surface area (Å²) in [5, 5.41) is 10.9. The van der Waals surface area contributed by atoms with Gasteiger partial charge < -0.3 is 26.0 Å². The van der Waals surface area contributed by atoms with Gasteiger partial charge in [-0.1, -0.05) is 6.07 Å². The molecule has 0 spiro atoms. The van der Waals surface area contributed by atoms with Crippen molar-refractivity contribution in [1.29, 1.82) is 0 Å². The molecule has 4 rings (SSSR count). The van der Waals surface area contributed by atoms with Gasteiger partial charge >= 0.3 is 0 Å². The van der Waals surface area contributed by atoms with E-state index in [0.29, 0.717) is 34.9 Å². The Morgan fingerprint density at radius 3 is 2.18 bits per heavy atom. The van der Waals surface area contributed by atoms with Gasteiger partial charge in [0.25, 0.3) is 11.8 Å². The van der Waals surface area contributed by atoms with Crippen LogP contribution in [0.25, 0.3) is 0 Å². The molecule has 38 heavy (non-hydrogen) atoms. The Kier molecular flexibility index (Phi) is 8.00. The first-order valence-corrected chi connectivity index (χ1v) is 12.2. The van der Waals surface area contributed by atoms with Crippen LogP contribution in [0.1, 0.15) is 52.2 Å². The van der Waals surface area contributed by atoms with E-state index < -0.39 is 0 Å². The van der Waals surface area contributed by atoms with Crippen LogP contribution >= 0.6 is 0 Å². The van der Waals surface area contributed by atoms with Crippen molar-refractivity contribution in [3.05, 3.63) is 77.1 Å². The molecule has 1 unspecified atom stereocenters. The molecule has 4 amide bonds. The lowest BCUT2D eigenvalue weighted by molar-refractivity contribution is -0.115. The van der Waals surface area contributed by atoms with Crippen LogP contribution in [0.5, 0.6) is 11.5 Å². The van der Waals surface area contributed by atoms with E-state index >= 15 is 0 Å². The van der Waals surface area contributed by atoms with E-state index in [-0.39, 0.29) is 35.4 Å². The van der Waals surface area contributed by atoms with Crippen molar-refractivity contribution < 1.29 is 23.9 Å². The van der Waals surface area contributed by atoms with Crippen molar-refractivity contribution in [2.24, 2.45) is 0 Å². The molecule has 1 heterocycles. The number of fused-ring (bicyclic) bond motifs is 1. The Morgan fingerprint density at radius 1 is 0.842 bits per heavy atom. The lowest BCUT2D eigenvalue weighted by atomic mass is 9.88. The molecule has 0 fully saturated rings. The SMILES string of the molecule is CNC(=O)c1cc(Oc2ccc3c(c2)CC(NC(=O)c2cc(NC(C)=O)cc(NC(C)=O)c2)CC3)ccn1. The summed E-state index contributed by atoms with van der Waals surface area (Å²) in [6.45, 7) is 2.75. The fourth-order valence-electron chi connectivity index (χ4n) is 4.36. The van der Waals surface area contributed by atoms with Crippen LogP contribution in [0.15, 0.2) is 54.7 Å². The van der Waals surface area contributed by atoms with Crippen molar-refractivity contribution in [1.82, 2.24) is 15.6 Å². The van der Waals surface area contributed by atoms with Gasteiger partial charge in [-0.05, 0) is 66.8 Å². The molecule has 10 nitrogen and oxygen atoms in total. The zero-order chi connectivity index (χ0) is 27.2. The summed E-state index contributed by atoms with van der Waals surface area (Å²) in [6.07, 6.45) is 3.69. The van der Waals surface area contributed by atoms with Crippen LogP contribution < -0.4 is 26.0 Å². The van der Waals surface area contributed by atoms with Crippen LogP contribution in [0, 0.1) is 0 Å². The topological polar surface area (TPSA) is 139 Å². The van der Waals surface area contributed by atoms with Gasteiger partial charge in [-0.2, -0.15) is 0 Å². The highest BCUT2D eigenvalue weighted by Crippen LogP contribution is 2.29. The summed E-state index contributed by atoms with van der Waals surface area (Å²) >= 11 is 0. The lowest BCUT2D eigenvalue weighted by Gasteiger charge is -2.26. The van der Waals surface area contributed by atoms with E-state index in [1.165, 1.54) is 32.7 Å². The lowest BCUT2D eigenvalue weighted by Crippen LogP contribution is -2.38. The number of ether oxygens (including phenoxy) is 1. The van der Waals surface area contributed by atoms with Crippen molar-refractivity contribution in [3.63, 3.8) is 0 Å². The number of hydrogen-bond acceptors (Lipinski definition) is 6. The third-order valence-electron chi connectivity index (χ3n) is 6.00. The van der Waals surface area contributed by atoms with Gasteiger partial charge in [0, 0.05) is 56.1 Å². The highest BCUT2D eigenvalue weighted by atomic mass is 16.5. The molecule has 0 radical (unpaired) electrons. The summed E-state index contributed by atoms with van der Waals surface area (Å²) in [4.78, 5) is 52.1. The molecule has 1 aliphatic rings. The first kappa shape index (κ1) is 26.3. The van der Waals surface area contributed by atoms with E-state index in [1.54, 1.807) is 30.3 Å². The number of benzene rings is 2. The molecule has 196 valence electrons. The second-order valence-corrected chi connectivity index (χ2v) is 9.06. The molecule has 0 bridgehead atoms. The van der Waals surface area contributed by atoms with E-state index in [2.05, 4.69) is 26.3 Å². The van der Waals surface area contributed by atoms with E-state index in [4.69, 9.17) is 4.74 Å². The highest BCUT2D eigenvalue weighted by Gasteiger charge is 2.22. The average molecular weight is 516 g/mol. The molecule has 4 N–H and O–H groups in total. The fraction of sp³-hybridized carbons (Fsp3) is 0.250. The molecule has 0 saturated heterocycles. The van der Waals surface area contributed by atoms with Crippen molar-refractivity contribution >= 4 is 35.0 Å². The molecule has 10 heteroatoms. The van der Waals surface area contributed by atoms with Crippen LogP contribution in [0.3, 0.4) is 0 Å². The number of carbonyl (C=O) groups is 4. The Labute approximate surface area is 220 Å². The normalized spacial score (nSPS) is 14.0. The first-order chi connectivity index (χ1) is 18.2. The van der Waals surface area contributed by atoms with Crippen LogP contribution in [0.4, 0.5) is 11.4 Å². The monoisotopic (exact) mass is 515 g/mol. The number of hydrogen-bond donors (Lipinski definition) is 4. The third kappa shape index (κ3) is 6.73. The summed E-state index contributed by atoms with van der Waals surface area (Å²) < 4.78 is 5.98. The standard InChI is InChI=1S/C28H29N5O5/c1-16(34)31-22-11-20(12-23(14-22)32-17(2)35)27(36)33-21-6-4-18-5-7-24(13-19(18)10-21)38-25-8-9-30-26(15-25)28(37)29-3/h5,7-9,11-15,21H,4,6,10H2,1-3H3,(H,29,37)(H,31,34)(H,32,35)(H,33,36). The number of aryl methyl sites for hydroxylation is 1. The zero-order valence-electron chi connectivity index (χ0n) is 21.4. The van der Waals surface area contributed by atoms with E-state index in [1.807, 2.05) is 18.2 Å². The summed E-state index contributed by atoms with van der Waals surface area (Å²) in [5.41, 5.74) is 3.66. The molecular formula is C28H29N5O5. The van der Waals surface area contributed by atoms with Crippen LogP contribution in [-0.4, -0.2) is 41.7 Å². The van der Waals surface area contributed by atoms with E-state index in [0.717, 1.165) is 18.4 Å². The minimum absolute atomic E-state index is 0.111. The predicted molar refractivity (Wildman–Crippen MR) is 142 cm³/mol. The van der Waals surface area contributed by atoms with Gasteiger partial charge in [0.1, 0.15) is 17.2 Å². The number of anilines is 2. The second kappa shape index (κ2) is 11.5. The van der Waals surface area contributed by atoms with Crippen molar-refractivity contribution in [2.75, 3.05) is 17.7 Å². The van der Waals surface area contributed by atoms with Crippen molar-refractivity contribution in [2.45, 2.75) is 39.2 Å². The minimum Gasteiger partial charge on any atom is -0.457 e. The van der Waals surface area contributed by atoms with Gasteiger partial charge in [-0.3, -0.25) is 24.2 Å². The number of aromatic nitrogens is 1. The summed E-state index contributed by atoms with van der Waals surface area (Å²) in [7, 11) is 1.54. The molecule has 2 aromatic carbocycles. The minimum atomic E-state index is -0.303. The fourth-order valence-corrected chi connectivity index (χ4v) is 4.36. The Bertz CT molecular complexity index is 1370. The number of pyridine rings is 1. The average Bonchev–Trinajstić information content (AvgIpc) is 2.87. The Balaban J connectivity index is 1.47. The van der Waals surface area contributed by atoms with Crippen molar-refractivity contribution in [3.8, 4) is 11.5 Å². The quantitative estimate of drug-likeness (QED) is 0.380. The molecular weight excluding hydrogens is 486 g/mol. The molecule has 1 aromatic heterocycles. The summed E-state index contributed by atoms with van der Waals surface area (Å²) in [6, 6.07) is 13.7. The van der Waals surface area contributed by atoms with E-state index in [9.17, 15) is 19.2 Å². The van der Waals surface area contributed by atoms with Crippen LogP contribution in [0.2, 0.25) is 0 Å². The molecule has 3 aromatic rings. The Hall–Kier alpha value is -4.73. The number of amides is 4. The van der Waals surface area contributed by atoms with Gasteiger partial charge in [0.05, 0.1) is 0 Å². The zero-order valence-corrected chi connectivity index (χ0v) is 21.4. The Morgan fingerprint density at radius 2 is 1.53 bits per heavy atom. The molecule has 0 saturated carbocycles. The maximum absolute atomic E-state index is 13.1. The third-order valence-corrected chi connectivity index (χ3v) is 6.00. The highest BCUT2D eigenvalue weighted by molar-refractivity contribution is 6.00. The van der Waals surface area contributed by atoms with Crippen LogP contribution in [-0.2, 0) is 22.4 Å². The first-order valence-electron chi connectivity index (χ1n) is 12.2. The largest absolute Gasteiger partial charge is 0.457 e. The van der Waals surface area contributed by atoms with Gasteiger partial charge in [0.15, 0.2) is 0 Å². The number of carbonyl (C=O) groups excluding carboxylic acids is 4. The maximum Gasteiger partial charge on any atom is 0.269 e.